The minimum Gasteiger partial charge on any atom is -0.484 e. The zero-order valence-corrected chi connectivity index (χ0v) is 11.5. The topological polar surface area (TPSA) is 58.6 Å². The van der Waals surface area contributed by atoms with E-state index in [1.54, 1.807) is 26.0 Å². The molecular formula is C12H16BrNO3. The fourth-order valence-electron chi connectivity index (χ4n) is 1.13. The van der Waals surface area contributed by atoms with Gasteiger partial charge in [0, 0.05) is 4.47 Å². The number of rotatable bonds is 5. The van der Waals surface area contributed by atoms with Gasteiger partial charge < -0.3 is 15.2 Å². The fraction of sp³-hybridized carbons (Fsp3) is 0.417. The van der Waals surface area contributed by atoms with E-state index in [1.165, 1.54) is 0 Å². The smallest absolute Gasteiger partial charge is 0.258 e. The van der Waals surface area contributed by atoms with E-state index in [4.69, 9.17) is 9.84 Å². The number of carbonyl (C=O) groups excluding carboxylic acids is 1. The Labute approximate surface area is 109 Å². The third-order valence-corrected chi connectivity index (χ3v) is 2.59. The Hall–Kier alpha value is -1.07. The highest BCUT2D eigenvalue weighted by molar-refractivity contribution is 9.10. The summed E-state index contributed by atoms with van der Waals surface area (Å²) in [6.45, 7) is 3.30. The maximum Gasteiger partial charge on any atom is 0.258 e. The maximum absolute atomic E-state index is 11.5. The molecule has 0 aromatic heterocycles. The van der Waals surface area contributed by atoms with Crippen LogP contribution >= 0.6 is 15.9 Å². The summed E-state index contributed by atoms with van der Waals surface area (Å²) in [5.74, 6) is 0.372. The lowest BCUT2D eigenvalue weighted by Gasteiger charge is -2.23. The van der Waals surface area contributed by atoms with Crippen LogP contribution in [0, 0.1) is 0 Å². The highest BCUT2D eigenvalue weighted by Gasteiger charge is 2.18. The third-order valence-electron chi connectivity index (χ3n) is 2.06. The van der Waals surface area contributed by atoms with Gasteiger partial charge in [0.2, 0.25) is 0 Å². The fourth-order valence-corrected chi connectivity index (χ4v) is 1.40. The molecule has 94 valence electrons. The number of nitrogens with one attached hydrogen (secondary N) is 1. The Morgan fingerprint density at radius 2 is 2.00 bits per heavy atom. The summed E-state index contributed by atoms with van der Waals surface area (Å²) < 4.78 is 6.25. The van der Waals surface area contributed by atoms with Gasteiger partial charge in [-0.15, -0.1) is 0 Å². The van der Waals surface area contributed by atoms with Crippen LogP contribution in [-0.2, 0) is 4.79 Å². The van der Waals surface area contributed by atoms with Gasteiger partial charge in [-0.2, -0.15) is 0 Å². The lowest BCUT2D eigenvalue weighted by Crippen LogP contribution is -2.48. The second kappa shape index (κ2) is 6.02. The number of aliphatic hydroxyl groups is 1. The molecule has 5 heteroatoms. The minimum atomic E-state index is -0.625. The molecule has 0 spiro atoms. The van der Waals surface area contributed by atoms with Gasteiger partial charge in [-0.05, 0) is 38.1 Å². The van der Waals surface area contributed by atoms with Crippen molar-refractivity contribution in [1.82, 2.24) is 5.32 Å². The van der Waals surface area contributed by atoms with Crippen molar-refractivity contribution in [3.05, 3.63) is 28.7 Å². The van der Waals surface area contributed by atoms with Gasteiger partial charge >= 0.3 is 0 Å². The standard InChI is InChI=1S/C12H16BrNO3/c1-12(2,8-15)14-11(16)7-17-10-5-3-9(13)4-6-10/h3-6,15H,7-8H2,1-2H3,(H,14,16). The van der Waals surface area contributed by atoms with Crippen LogP contribution in [0.1, 0.15) is 13.8 Å². The maximum atomic E-state index is 11.5. The Morgan fingerprint density at radius 1 is 1.41 bits per heavy atom. The van der Waals surface area contributed by atoms with Gasteiger partial charge in [0.1, 0.15) is 5.75 Å². The summed E-state index contributed by atoms with van der Waals surface area (Å²) in [6.07, 6.45) is 0. The summed E-state index contributed by atoms with van der Waals surface area (Å²) in [4.78, 5) is 11.5. The number of aliphatic hydroxyl groups excluding tert-OH is 1. The van der Waals surface area contributed by atoms with Crippen molar-refractivity contribution in [2.24, 2.45) is 0 Å². The molecule has 0 aliphatic rings. The van der Waals surface area contributed by atoms with Gasteiger partial charge in [-0.1, -0.05) is 15.9 Å². The van der Waals surface area contributed by atoms with Crippen molar-refractivity contribution in [2.45, 2.75) is 19.4 Å². The van der Waals surface area contributed by atoms with Crippen LogP contribution in [0.15, 0.2) is 28.7 Å². The first-order valence-corrected chi connectivity index (χ1v) is 6.02. The molecule has 1 rings (SSSR count). The van der Waals surface area contributed by atoms with Gasteiger partial charge in [0.25, 0.3) is 5.91 Å². The first kappa shape index (κ1) is 14.0. The molecule has 0 saturated heterocycles. The van der Waals surface area contributed by atoms with Gasteiger partial charge in [-0.25, -0.2) is 0 Å². The number of benzene rings is 1. The molecule has 0 aliphatic carbocycles. The van der Waals surface area contributed by atoms with Crippen LogP contribution < -0.4 is 10.1 Å². The molecule has 1 amide bonds. The Kier molecular flexibility index (Phi) is 4.96. The van der Waals surface area contributed by atoms with Crippen LogP contribution in [-0.4, -0.2) is 29.8 Å². The molecule has 1 aromatic rings. The van der Waals surface area contributed by atoms with Crippen molar-refractivity contribution in [3.8, 4) is 5.75 Å². The summed E-state index contributed by atoms with van der Waals surface area (Å²) in [7, 11) is 0. The monoisotopic (exact) mass is 301 g/mol. The van der Waals surface area contributed by atoms with Crippen molar-refractivity contribution in [3.63, 3.8) is 0 Å². The molecule has 0 radical (unpaired) electrons. The SMILES string of the molecule is CC(C)(CO)NC(=O)COc1ccc(Br)cc1. The Bertz CT molecular complexity index is 376. The van der Waals surface area contributed by atoms with E-state index in [2.05, 4.69) is 21.2 Å². The summed E-state index contributed by atoms with van der Waals surface area (Å²) in [5, 5.41) is 11.7. The van der Waals surface area contributed by atoms with Crippen molar-refractivity contribution in [1.29, 1.82) is 0 Å². The molecule has 0 heterocycles. The van der Waals surface area contributed by atoms with Crippen LogP contribution in [0.3, 0.4) is 0 Å². The molecular weight excluding hydrogens is 286 g/mol. The number of ether oxygens (including phenoxy) is 1. The molecule has 0 unspecified atom stereocenters. The zero-order chi connectivity index (χ0) is 12.9. The van der Waals surface area contributed by atoms with E-state index in [9.17, 15) is 4.79 Å². The van der Waals surface area contributed by atoms with Gasteiger partial charge in [-0.3, -0.25) is 4.79 Å². The summed E-state index contributed by atoms with van der Waals surface area (Å²) in [5.41, 5.74) is -0.625. The molecule has 4 nitrogen and oxygen atoms in total. The highest BCUT2D eigenvalue weighted by atomic mass is 79.9. The van der Waals surface area contributed by atoms with Crippen molar-refractivity contribution >= 4 is 21.8 Å². The van der Waals surface area contributed by atoms with Gasteiger partial charge in [0.05, 0.1) is 12.1 Å². The van der Waals surface area contributed by atoms with E-state index >= 15 is 0 Å². The Morgan fingerprint density at radius 3 is 2.53 bits per heavy atom. The highest BCUT2D eigenvalue weighted by Crippen LogP contribution is 2.15. The zero-order valence-electron chi connectivity index (χ0n) is 9.87. The molecule has 0 atom stereocenters. The normalized spacial score (nSPS) is 11.1. The summed E-state index contributed by atoms with van der Waals surface area (Å²) >= 11 is 3.31. The molecule has 0 saturated carbocycles. The van der Waals surface area contributed by atoms with Crippen molar-refractivity contribution < 1.29 is 14.6 Å². The van der Waals surface area contributed by atoms with E-state index < -0.39 is 5.54 Å². The first-order chi connectivity index (χ1) is 7.93. The second-order valence-electron chi connectivity index (χ2n) is 4.33. The predicted molar refractivity (Wildman–Crippen MR) is 68.9 cm³/mol. The van der Waals surface area contributed by atoms with Crippen molar-refractivity contribution in [2.75, 3.05) is 13.2 Å². The van der Waals surface area contributed by atoms with Crippen LogP contribution in [0.4, 0.5) is 0 Å². The number of carbonyl (C=O) groups is 1. The number of halogens is 1. The predicted octanol–water partition coefficient (Wildman–Crippen LogP) is 1.71. The van der Waals surface area contributed by atoms with E-state index in [0.29, 0.717) is 5.75 Å². The molecule has 0 aliphatic heterocycles. The average Bonchev–Trinajstić information content (AvgIpc) is 2.28. The van der Waals surface area contributed by atoms with Crippen LogP contribution in [0.2, 0.25) is 0 Å². The lowest BCUT2D eigenvalue weighted by atomic mass is 10.1. The first-order valence-electron chi connectivity index (χ1n) is 5.23. The number of hydrogen-bond acceptors (Lipinski definition) is 3. The van der Waals surface area contributed by atoms with E-state index in [0.717, 1.165) is 4.47 Å². The van der Waals surface area contributed by atoms with Gasteiger partial charge in [0.15, 0.2) is 6.61 Å². The molecule has 0 bridgehead atoms. The lowest BCUT2D eigenvalue weighted by molar-refractivity contribution is -0.125. The Balaban J connectivity index is 2.41. The third kappa shape index (κ3) is 5.19. The average molecular weight is 302 g/mol. The molecule has 17 heavy (non-hydrogen) atoms. The largest absolute Gasteiger partial charge is 0.484 e. The molecule has 2 N–H and O–H groups in total. The molecule has 0 fully saturated rings. The second-order valence-corrected chi connectivity index (χ2v) is 5.25. The van der Waals surface area contributed by atoms with Crippen LogP contribution in [0.5, 0.6) is 5.75 Å². The quantitative estimate of drug-likeness (QED) is 0.870. The number of amides is 1. The minimum absolute atomic E-state index is 0.0644. The number of hydrogen-bond donors (Lipinski definition) is 2. The summed E-state index contributed by atoms with van der Waals surface area (Å²) in [6, 6.07) is 7.22. The molecule has 1 aromatic carbocycles. The van der Waals surface area contributed by atoms with Crippen LogP contribution in [0.25, 0.3) is 0 Å². The van der Waals surface area contributed by atoms with E-state index in [1.807, 2.05) is 12.1 Å². The van der Waals surface area contributed by atoms with E-state index in [-0.39, 0.29) is 19.1 Å².